The number of nitrogens with one attached hydrogen (secondary N) is 1. The summed E-state index contributed by atoms with van der Waals surface area (Å²) < 4.78 is 4.95. The van der Waals surface area contributed by atoms with Crippen LogP contribution in [0.15, 0.2) is 0 Å². The molecule has 1 N–H and O–H groups in total. The third-order valence-electron chi connectivity index (χ3n) is 3.00. The minimum absolute atomic E-state index is 0.246. The third-order valence-corrected chi connectivity index (χ3v) is 3.00. The number of carbonyl (C=O) groups excluding carboxylic acids is 1. The molecule has 3 nitrogen and oxygen atoms in total. The summed E-state index contributed by atoms with van der Waals surface area (Å²) in [6.45, 7) is 1.46. The SMILES string of the molecule is O=C1NCC(C2CCCC2)CO1. The fraction of sp³-hybridized carbons (Fsp3) is 0.889. The molecule has 0 aromatic rings. The first kappa shape index (κ1) is 7.90. The summed E-state index contributed by atoms with van der Waals surface area (Å²) in [6.07, 6.45) is 5.11. The standard InChI is InChI=1S/C9H15NO2/c11-9-10-5-8(6-12-9)7-3-1-2-4-7/h7-8H,1-6H2,(H,10,11). The summed E-state index contributed by atoms with van der Waals surface area (Å²) >= 11 is 0. The van der Waals surface area contributed by atoms with Crippen molar-refractivity contribution in [2.45, 2.75) is 25.7 Å². The van der Waals surface area contributed by atoms with Crippen molar-refractivity contribution < 1.29 is 9.53 Å². The molecule has 1 aliphatic carbocycles. The van der Waals surface area contributed by atoms with Crippen molar-refractivity contribution in [3.8, 4) is 0 Å². The average molecular weight is 169 g/mol. The van der Waals surface area contributed by atoms with Crippen LogP contribution in [0.4, 0.5) is 4.79 Å². The molecule has 1 saturated heterocycles. The lowest BCUT2D eigenvalue weighted by molar-refractivity contribution is 0.0832. The van der Waals surface area contributed by atoms with Crippen molar-refractivity contribution in [3.63, 3.8) is 0 Å². The Morgan fingerprint density at radius 2 is 2.00 bits per heavy atom. The molecule has 0 aromatic heterocycles. The first-order chi connectivity index (χ1) is 5.86. The van der Waals surface area contributed by atoms with Crippen LogP contribution in [0, 0.1) is 11.8 Å². The molecule has 0 bridgehead atoms. The Morgan fingerprint density at radius 1 is 1.25 bits per heavy atom. The summed E-state index contributed by atoms with van der Waals surface area (Å²) in [4.78, 5) is 10.7. The van der Waals surface area contributed by atoms with E-state index >= 15 is 0 Å². The second-order valence-electron chi connectivity index (χ2n) is 3.78. The van der Waals surface area contributed by atoms with E-state index in [4.69, 9.17) is 4.74 Å². The topological polar surface area (TPSA) is 38.3 Å². The van der Waals surface area contributed by atoms with Gasteiger partial charge in [-0.25, -0.2) is 4.79 Å². The lowest BCUT2D eigenvalue weighted by Crippen LogP contribution is -2.41. The predicted molar refractivity (Wildman–Crippen MR) is 44.8 cm³/mol. The van der Waals surface area contributed by atoms with E-state index in [1.165, 1.54) is 25.7 Å². The molecule has 3 heteroatoms. The van der Waals surface area contributed by atoms with Gasteiger partial charge in [0.15, 0.2) is 0 Å². The number of alkyl carbamates (subject to hydrolysis) is 1. The molecule has 0 radical (unpaired) electrons. The van der Waals surface area contributed by atoms with Crippen molar-refractivity contribution in [2.75, 3.05) is 13.2 Å². The molecular weight excluding hydrogens is 154 g/mol. The molecule has 1 atom stereocenters. The van der Waals surface area contributed by atoms with Crippen molar-refractivity contribution >= 4 is 6.09 Å². The number of ether oxygens (including phenoxy) is 1. The van der Waals surface area contributed by atoms with E-state index in [1.807, 2.05) is 0 Å². The van der Waals surface area contributed by atoms with Crippen molar-refractivity contribution in [2.24, 2.45) is 11.8 Å². The number of hydrogen-bond donors (Lipinski definition) is 1. The maximum atomic E-state index is 10.7. The number of hydrogen-bond acceptors (Lipinski definition) is 2. The molecule has 1 amide bonds. The van der Waals surface area contributed by atoms with Crippen molar-refractivity contribution in [1.82, 2.24) is 5.32 Å². The molecule has 2 aliphatic rings. The van der Waals surface area contributed by atoms with Crippen LogP contribution in [0.2, 0.25) is 0 Å². The highest BCUT2D eigenvalue weighted by molar-refractivity contribution is 5.67. The first-order valence-electron chi connectivity index (χ1n) is 4.77. The van der Waals surface area contributed by atoms with Gasteiger partial charge in [0, 0.05) is 12.5 Å². The Balaban J connectivity index is 1.84. The second kappa shape index (κ2) is 3.33. The van der Waals surface area contributed by atoms with Crippen LogP contribution in [-0.2, 0) is 4.74 Å². The van der Waals surface area contributed by atoms with Gasteiger partial charge in [-0.2, -0.15) is 0 Å². The molecule has 1 heterocycles. The number of carbonyl (C=O) groups is 1. The summed E-state index contributed by atoms with van der Waals surface area (Å²) in [5, 5.41) is 2.75. The summed E-state index contributed by atoms with van der Waals surface area (Å²) in [6, 6.07) is 0. The molecule has 68 valence electrons. The fourth-order valence-corrected chi connectivity index (χ4v) is 2.24. The average Bonchev–Trinajstić information content (AvgIpc) is 2.58. The van der Waals surface area contributed by atoms with Gasteiger partial charge in [0.1, 0.15) is 0 Å². The highest BCUT2D eigenvalue weighted by Crippen LogP contribution is 2.31. The zero-order valence-corrected chi connectivity index (χ0v) is 7.21. The molecule has 1 saturated carbocycles. The Labute approximate surface area is 72.5 Å². The third kappa shape index (κ3) is 1.54. The van der Waals surface area contributed by atoms with E-state index < -0.39 is 0 Å². The molecule has 1 aliphatic heterocycles. The van der Waals surface area contributed by atoms with Crippen LogP contribution in [0.5, 0.6) is 0 Å². The smallest absolute Gasteiger partial charge is 0.407 e. The maximum Gasteiger partial charge on any atom is 0.407 e. The van der Waals surface area contributed by atoms with Gasteiger partial charge in [-0.3, -0.25) is 0 Å². The van der Waals surface area contributed by atoms with Crippen LogP contribution in [0.25, 0.3) is 0 Å². The van der Waals surface area contributed by atoms with E-state index in [0.717, 1.165) is 12.5 Å². The number of amides is 1. The molecule has 2 rings (SSSR count). The van der Waals surface area contributed by atoms with Gasteiger partial charge in [0.25, 0.3) is 0 Å². The Hall–Kier alpha value is -0.730. The summed E-state index contributed by atoms with van der Waals surface area (Å²) in [5.74, 6) is 1.37. The maximum absolute atomic E-state index is 10.7. The van der Waals surface area contributed by atoms with E-state index in [9.17, 15) is 4.79 Å². The highest BCUT2D eigenvalue weighted by Gasteiger charge is 2.28. The van der Waals surface area contributed by atoms with Gasteiger partial charge < -0.3 is 10.1 Å². The van der Waals surface area contributed by atoms with Crippen molar-refractivity contribution in [3.05, 3.63) is 0 Å². The summed E-state index contributed by atoms with van der Waals surface area (Å²) in [7, 11) is 0. The lowest BCUT2D eigenvalue weighted by atomic mass is 9.91. The summed E-state index contributed by atoms with van der Waals surface area (Å²) in [5.41, 5.74) is 0. The van der Waals surface area contributed by atoms with Crippen LogP contribution in [0.3, 0.4) is 0 Å². The van der Waals surface area contributed by atoms with Gasteiger partial charge in [0.2, 0.25) is 0 Å². The minimum Gasteiger partial charge on any atom is -0.449 e. The van der Waals surface area contributed by atoms with Gasteiger partial charge in [-0.15, -0.1) is 0 Å². The van der Waals surface area contributed by atoms with E-state index in [-0.39, 0.29) is 6.09 Å². The Morgan fingerprint density at radius 3 is 2.58 bits per heavy atom. The van der Waals surface area contributed by atoms with Crippen LogP contribution in [-0.4, -0.2) is 19.2 Å². The molecule has 1 unspecified atom stereocenters. The van der Waals surface area contributed by atoms with Crippen LogP contribution < -0.4 is 5.32 Å². The largest absolute Gasteiger partial charge is 0.449 e. The Kier molecular flexibility index (Phi) is 2.19. The lowest BCUT2D eigenvalue weighted by Gasteiger charge is -2.27. The van der Waals surface area contributed by atoms with Crippen molar-refractivity contribution in [1.29, 1.82) is 0 Å². The van der Waals surface area contributed by atoms with Gasteiger partial charge in [-0.05, 0) is 18.8 Å². The van der Waals surface area contributed by atoms with Gasteiger partial charge in [-0.1, -0.05) is 12.8 Å². The van der Waals surface area contributed by atoms with Crippen LogP contribution in [0.1, 0.15) is 25.7 Å². The van der Waals surface area contributed by atoms with Crippen LogP contribution >= 0.6 is 0 Å². The molecule has 0 aromatic carbocycles. The second-order valence-corrected chi connectivity index (χ2v) is 3.78. The van der Waals surface area contributed by atoms with Gasteiger partial charge in [0.05, 0.1) is 6.61 Å². The number of cyclic esters (lactones) is 1. The highest BCUT2D eigenvalue weighted by atomic mass is 16.6. The van der Waals surface area contributed by atoms with E-state index in [2.05, 4.69) is 5.32 Å². The van der Waals surface area contributed by atoms with Gasteiger partial charge >= 0.3 is 6.09 Å². The molecule has 0 spiro atoms. The fourth-order valence-electron chi connectivity index (χ4n) is 2.24. The predicted octanol–water partition coefficient (Wildman–Crippen LogP) is 1.53. The molecular formula is C9H15NO2. The number of rotatable bonds is 1. The Bertz CT molecular complexity index is 165. The quantitative estimate of drug-likeness (QED) is 0.646. The first-order valence-corrected chi connectivity index (χ1v) is 4.77. The monoisotopic (exact) mass is 169 g/mol. The zero-order valence-electron chi connectivity index (χ0n) is 7.21. The van der Waals surface area contributed by atoms with E-state index in [1.54, 1.807) is 0 Å². The van der Waals surface area contributed by atoms with E-state index in [0.29, 0.717) is 12.5 Å². The minimum atomic E-state index is -0.246. The zero-order chi connectivity index (χ0) is 8.39. The normalized spacial score (nSPS) is 31.3. The molecule has 2 fully saturated rings. The molecule has 12 heavy (non-hydrogen) atoms.